The molecule has 0 saturated heterocycles. The van der Waals surface area contributed by atoms with Gasteiger partial charge < -0.3 is 16.2 Å². The predicted molar refractivity (Wildman–Crippen MR) is 57.3 cm³/mol. The summed E-state index contributed by atoms with van der Waals surface area (Å²) in [5.41, 5.74) is 3.80. The van der Waals surface area contributed by atoms with Gasteiger partial charge in [-0.1, -0.05) is 13.8 Å². The van der Waals surface area contributed by atoms with Crippen LogP contribution in [0, 0.1) is 5.92 Å². The minimum atomic E-state index is -1.82. The molecule has 0 aromatic rings. The van der Waals surface area contributed by atoms with Crippen LogP contribution in [0.3, 0.4) is 0 Å². The number of nitrogens with two attached hydrogens (primary N) is 1. The minimum absolute atomic E-state index is 0.0454. The first-order valence-electron chi connectivity index (χ1n) is 5.03. The summed E-state index contributed by atoms with van der Waals surface area (Å²) in [4.78, 5) is 22.6. The molecule has 0 rings (SSSR count). The Morgan fingerprint density at radius 2 is 1.80 bits per heavy atom. The maximum Gasteiger partial charge on any atom is 0.333 e. The summed E-state index contributed by atoms with van der Waals surface area (Å²) in [6.07, 6.45) is 0.126. The van der Waals surface area contributed by atoms with Crippen molar-refractivity contribution in [2.45, 2.75) is 45.7 Å². The molecule has 0 aliphatic rings. The molecule has 15 heavy (non-hydrogen) atoms. The molecule has 0 spiro atoms. The van der Waals surface area contributed by atoms with E-state index < -0.39 is 17.4 Å². The molecule has 4 N–H and O–H groups in total. The second-order valence-electron chi connectivity index (χ2n) is 4.50. The third-order valence-corrected chi connectivity index (χ3v) is 1.94. The zero-order chi connectivity index (χ0) is 12.2. The van der Waals surface area contributed by atoms with Gasteiger partial charge in [-0.25, -0.2) is 4.79 Å². The number of nitrogens with one attached hydrogen (secondary N) is 1. The Balaban J connectivity index is 4.78. The number of carboxylic acid groups (broad SMARTS) is 1. The third-order valence-electron chi connectivity index (χ3n) is 1.94. The van der Waals surface area contributed by atoms with Gasteiger partial charge in [-0.05, 0) is 26.2 Å². The van der Waals surface area contributed by atoms with Gasteiger partial charge >= 0.3 is 5.97 Å². The molecule has 0 aromatic carbocycles. The van der Waals surface area contributed by atoms with Gasteiger partial charge in [-0.15, -0.1) is 0 Å². The van der Waals surface area contributed by atoms with Gasteiger partial charge in [-0.3, -0.25) is 4.79 Å². The van der Waals surface area contributed by atoms with Gasteiger partial charge in [0.25, 0.3) is 5.91 Å². The van der Waals surface area contributed by atoms with E-state index in [1.165, 1.54) is 0 Å². The van der Waals surface area contributed by atoms with Gasteiger partial charge in [0.2, 0.25) is 0 Å². The molecule has 0 radical (unpaired) electrons. The fourth-order valence-corrected chi connectivity index (χ4v) is 1.31. The Labute approximate surface area is 90.0 Å². The Morgan fingerprint density at radius 3 is 2.07 bits per heavy atom. The average molecular weight is 216 g/mol. The number of amides is 1. The number of carbonyl (C=O) groups excluding carboxylic acids is 1. The van der Waals surface area contributed by atoms with Crippen molar-refractivity contribution in [2.75, 3.05) is 0 Å². The van der Waals surface area contributed by atoms with E-state index in [2.05, 4.69) is 5.32 Å². The summed E-state index contributed by atoms with van der Waals surface area (Å²) < 4.78 is 0. The van der Waals surface area contributed by atoms with Gasteiger partial charge in [0.15, 0.2) is 5.54 Å². The van der Waals surface area contributed by atoms with Crippen molar-refractivity contribution in [3.63, 3.8) is 0 Å². The molecule has 1 unspecified atom stereocenters. The van der Waals surface area contributed by atoms with E-state index in [-0.39, 0.29) is 18.4 Å². The quantitative estimate of drug-likeness (QED) is 0.578. The van der Waals surface area contributed by atoms with Crippen LogP contribution >= 0.6 is 0 Å². The molecular formula is C10H20N2O3. The average Bonchev–Trinajstić information content (AvgIpc) is 2.00. The van der Waals surface area contributed by atoms with E-state index in [0.717, 1.165) is 0 Å². The van der Waals surface area contributed by atoms with Crippen molar-refractivity contribution in [1.29, 1.82) is 0 Å². The molecule has 5 nitrogen and oxygen atoms in total. The summed E-state index contributed by atoms with van der Waals surface area (Å²) in [7, 11) is 0. The molecule has 0 heterocycles. The monoisotopic (exact) mass is 216 g/mol. The highest BCUT2D eigenvalue weighted by Gasteiger charge is 2.42. The van der Waals surface area contributed by atoms with Crippen molar-refractivity contribution in [2.24, 2.45) is 11.7 Å². The molecule has 1 amide bonds. The lowest BCUT2D eigenvalue weighted by atomic mass is 9.89. The van der Waals surface area contributed by atoms with Crippen molar-refractivity contribution in [3.05, 3.63) is 0 Å². The van der Waals surface area contributed by atoms with Crippen LogP contribution in [-0.4, -0.2) is 28.6 Å². The second kappa shape index (κ2) is 5.11. The number of rotatable bonds is 5. The van der Waals surface area contributed by atoms with E-state index in [1.54, 1.807) is 13.8 Å². The number of hydrogen-bond acceptors (Lipinski definition) is 3. The lowest BCUT2D eigenvalue weighted by molar-refractivity contribution is -0.150. The molecule has 0 bridgehead atoms. The van der Waals surface area contributed by atoms with Crippen LogP contribution in [0.4, 0.5) is 0 Å². The fourth-order valence-electron chi connectivity index (χ4n) is 1.31. The van der Waals surface area contributed by atoms with E-state index in [1.807, 2.05) is 13.8 Å². The third kappa shape index (κ3) is 3.87. The van der Waals surface area contributed by atoms with Crippen molar-refractivity contribution in [1.82, 2.24) is 5.32 Å². The number of carbonyl (C=O) groups is 2. The number of carboxylic acids is 1. The molecule has 1 atom stereocenters. The SMILES string of the molecule is CC(C)CC(N)(C(=O)O)C(=O)NC(C)C. The predicted octanol–water partition coefficient (Wildman–Crippen LogP) is 0.339. The Morgan fingerprint density at radius 1 is 1.33 bits per heavy atom. The van der Waals surface area contributed by atoms with Crippen molar-refractivity contribution < 1.29 is 14.7 Å². The zero-order valence-corrected chi connectivity index (χ0v) is 9.70. The lowest BCUT2D eigenvalue weighted by Crippen LogP contribution is -2.61. The molecule has 0 fully saturated rings. The summed E-state index contributed by atoms with van der Waals surface area (Å²) in [5, 5.41) is 11.5. The van der Waals surface area contributed by atoms with E-state index >= 15 is 0 Å². The highest BCUT2D eigenvalue weighted by atomic mass is 16.4. The number of aliphatic carboxylic acids is 1. The van der Waals surface area contributed by atoms with Crippen LogP contribution in [0.15, 0.2) is 0 Å². The maximum atomic E-state index is 11.6. The highest BCUT2D eigenvalue weighted by molar-refractivity contribution is 6.06. The minimum Gasteiger partial charge on any atom is -0.479 e. The van der Waals surface area contributed by atoms with Crippen molar-refractivity contribution >= 4 is 11.9 Å². The largest absolute Gasteiger partial charge is 0.479 e. The van der Waals surface area contributed by atoms with Crippen LogP contribution < -0.4 is 11.1 Å². The van der Waals surface area contributed by atoms with Crippen LogP contribution in [0.1, 0.15) is 34.1 Å². The second-order valence-corrected chi connectivity index (χ2v) is 4.50. The highest BCUT2D eigenvalue weighted by Crippen LogP contribution is 2.15. The van der Waals surface area contributed by atoms with Crippen molar-refractivity contribution in [3.8, 4) is 0 Å². The molecule has 0 aromatic heterocycles. The topological polar surface area (TPSA) is 92.4 Å². The Kier molecular flexibility index (Phi) is 4.74. The normalized spacial score (nSPS) is 15.1. The Hall–Kier alpha value is -1.10. The first kappa shape index (κ1) is 13.9. The smallest absolute Gasteiger partial charge is 0.333 e. The molecule has 0 aliphatic carbocycles. The van der Waals surface area contributed by atoms with Crippen LogP contribution in [0.2, 0.25) is 0 Å². The molecule has 0 saturated carbocycles. The number of hydrogen-bond donors (Lipinski definition) is 3. The summed E-state index contributed by atoms with van der Waals surface area (Å²) in [5.74, 6) is -1.86. The summed E-state index contributed by atoms with van der Waals surface area (Å²) in [6, 6.07) is -0.119. The fraction of sp³-hybridized carbons (Fsp3) is 0.800. The maximum absolute atomic E-state index is 11.6. The zero-order valence-electron chi connectivity index (χ0n) is 9.70. The van der Waals surface area contributed by atoms with Crippen LogP contribution in [0.5, 0.6) is 0 Å². The molecule has 0 aliphatic heterocycles. The van der Waals surface area contributed by atoms with Crippen LogP contribution in [-0.2, 0) is 9.59 Å². The molecule has 5 heteroatoms. The standard InChI is InChI=1S/C10H20N2O3/c1-6(2)5-10(11,9(14)15)8(13)12-7(3)4/h6-7H,5,11H2,1-4H3,(H,12,13)(H,14,15). The van der Waals surface area contributed by atoms with E-state index in [9.17, 15) is 9.59 Å². The van der Waals surface area contributed by atoms with Gasteiger partial charge in [0, 0.05) is 6.04 Å². The van der Waals surface area contributed by atoms with Gasteiger partial charge in [0.1, 0.15) is 0 Å². The molecule has 88 valence electrons. The Bertz CT molecular complexity index is 251. The molecular weight excluding hydrogens is 196 g/mol. The van der Waals surface area contributed by atoms with Gasteiger partial charge in [-0.2, -0.15) is 0 Å². The first-order chi connectivity index (χ1) is 6.70. The van der Waals surface area contributed by atoms with E-state index in [0.29, 0.717) is 0 Å². The first-order valence-corrected chi connectivity index (χ1v) is 5.03. The lowest BCUT2D eigenvalue weighted by Gasteiger charge is -2.26. The summed E-state index contributed by atoms with van der Waals surface area (Å²) in [6.45, 7) is 7.17. The van der Waals surface area contributed by atoms with Crippen LogP contribution in [0.25, 0.3) is 0 Å². The van der Waals surface area contributed by atoms with Gasteiger partial charge in [0.05, 0.1) is 0 Å². The summed E-state index contributed by atoms with van der Waals surface area (Å²) >= 11 is 0. The van der Waals surface area contributed by atoms with E-state index in [4.69, 9.17) is 10.8 Å².